The Morgan fingerprint density at radius 1 is 1.13 bits per heavy atom. The predicted octanol–water partition coefficient (Wildman–Crippen LogP) is 3.67. The summed E-state index contributed by atoms with van der Waals surface area (Å²) in [4.78, 5) is 25.3. The standard InChI is InChI=1S/C19H19BrN8O2/c1-27(2)19-24-17(21-11-13-6-4-3-5-7-13)23-18(25-19)26-22-12-14-8-9-15(20)16(10-14)28(29)30/h3-10,12H,11H2,1-2H3,(H2,21,23,24,25,26)/b22-12+. The van der Waals surface area contributed by atoms with Crippen molar-refractivity contribution in [3.63, 3.8) is 0 Å². The number of hydrogen-bond donors (Lipinski definition) is 2. The van der Waals surface area contributed by atoms with E-state index in [9.17, 15) is 10.1 Å². The molecule has 30 heavy (non-hydrogen) atoms. The number of hydrazone groups is 1. The van der Waals surface area contributed by atoms with Crippen molar-refractivity contribution in [3.05, 3.63) is 74.2 Å². The summed E-state index contributed by atoms with van der Waals surface area (Å²) in [6.07, 6.45) is 1.45. The molecule has 1 heterocycles. The molecule has 0 saturated heterocycles. The summed E-state index contributed by atoms with van der Waals surface area (Å²) in [6.45, 7) is 0.559. The van der Waals surface area contributed by atoms with Gasteiger partial charge in [0.1, 0.15) is 0 Å². The maximum absolute atomic E-state index is 11.0. The summed E-state index contributed by atoms with van der Waals surface area (Å²) >= 11 is 3.16. The highest BCUT2D eigenvalue weighted by Gasteiger charge is 2.12. The number of hydrogen-bond acceptors (Lipinski definition) is 9. The van der Waals surface area contributed by atoms with Gasteiger partial charge in [-0.2, -0.15) is 20.1 Å². The number of halogens is 1. The maximum Gasteiger partial charge on any atom is 0.284 e. The molecule has 0 saturated carbocycles. The maximum atomic E-state index is 11.0. The number of nitrogens with one attached hydrogen (secondary N) is 2. The van der Waals surface area contributed by atoms with E-state index in [4.69, 9.17) is 0 Å². The first-order chi connectivity index (χ1) is 14.4. The van der Waals surface area contributed by atoms with Gasteiger partial charge in [0, 0.05) is 32.3 Å². The van der Waals surface area contributed by atoms with Crippen molar-refractivity contribution >= 4 is 45.7 Å². The van der Waals surface area contributed by atoms with Gasteiger partial charge in [-0.3, -0.25) is 10.1 Å². The van der Waals surface area contributed by atoms with Crippen molar-refractivity contribution < 1.29 is 4.92 Å². The van der Waals surface area contributed by atoms with Gasteiger partial charge in [-0.25, -0.2) is 5.43 Å². The Balaban J connectivity index is 1.74. The molecule has 10 nitrogen and oxygen atoms in total. The van der Waals surface area contributed by atoms with E-state index < -0.39 is 4.92 Å². The van der Waals surface area contributed by atoms with Crippen LogP contribution < -0.4 is 15.6 Å². The second-order valence-electron chi connectivity index (χ2n) is 6.35. The molecule has 0 spiro atoms. The van der Waals surface area contributed by atoms with E-state index in [1.807, 2.05) is 44.4 Å². The third kappa shape index (κ3) is 5.70. The predicted molar refractivity (Wildman–Crippen MR) is 120 cm³/mol. The molecule has 154 valence electrons. The second-order valence-corrected chi connectivity index (χ2v) is 7.21. The number of nitro groups is 1. The minimum atomic E-state index is -0.463. The molecule has 0 bridgehead atoms. The van der Waals surface area contributed by atoms with Crippen LogP contribution in [-0.2, 0) is 6.54 Å². The van der Waals surface area contributed by atoms with E-state index in [1.165, 1.54) is 12.3 Å². The van der Waals surface area contributed by atoms with Crippen molar-refractivity contribution in [2.75, 3.05) is 29.7 Å². The van der Waals surface area contributed by atoms with Crippen LogP contribution in [0.1, 0.15) is 11.1 Å². The minimum Gasteiger partial charge on any atom is -0.350 e. The highest BCUT2D eigenvalue weighted by atomic mass is 79.9. The topological polar surface area (TPSA) is 121 Å². The van der Waals surface area contributed by atoms with Gasteiger partial charge in [-0.15, -0.1) is 0 Å². The van der Waals surface area contributed by atoms with E-state index in [0.717, 1.165) is 5.56 Å². The SMILES string of the molecule is CN(C)c1nc(NCc2ccccc2)nc(N/N=C/c2ccc(Br)c([N+](=O)[O-])c2)n1. The molecule has 1 aromatic heterocycles. The zero-order valence-corrected chi connectivity index (χ0v) is 17.9. The largest absolute Gasteiger partial charge is 0.350 e. The van der Waals surface area contributed by atoms with E-state index in [-0.39, 0.29) is 11.6 Å². The highest BCUT2D eigenvalue weighted by Crippen LogP contribution is 2.25. The average Bonchev–Trinajstić information content (AvgIpc) is 2.74. The molecular formula is C19H19BrN8O2. The smallest absolute Gasteiger partial charge is 0.284 e. The fourth-order valence-electron chi connectivity index (χ4n) is 2.39. The quantitative estimate of drug-likeness (QED) is 0.290. The monoisotopic (exact) mass is 470 g/mol. The summed E-state index contributed by atoms with van der Waals surface area (Å²) in [5, 5.41) is 18.3. The number of aromatic nitrogens is 3. The van der Waals surface area contributed by atoms with Gasteiger partial charge < -0.3 is 10.2 Å². The Morgan fingerprint density at radius 2 is 1.87 bits per heavy atom. The van der Waals surface area contributed by atoms with Crippen LogP contribution in [-0.4, -0.2) is 40.2 Å². The second kappa shape index (κ2) is 9.74. The normalized spacial score (nSPS) is 10.8. The van der Waals surface area contributed by atoms with Crippen molar-refractivity contribution in [3.8, 4) is 0 Å². The average molecular weight is 471 g/mol. The molecule has 0 amide bonds. The first-order valence-electron chi connectivity index (χ1n) is 8.86. The Bertz CT molecular complexity index is 1060. The molecule has 3 aromatic rings. The molecule has 0 unspecified atom stereocenters. The fourth-order valence-corrected chi connectivity index (χ4v) is 2.78. The van der Waals surface area contributed by atoms with Crippen LogP contribution in [0.25, 0.3) is 0 Å². The summed E-state index contributed by atoms with van der Waals surface area (Å²) in [5.74, 6) is 1.10. The van der Waals surface area contributed by atoms with Crippen LogP contribution in [0.5, 0.6) is 0 Å². The van der Waals surface area contributed by atoms with E-state index in [0.29, 0.717) is 28.5 Å². The van der Waals surface area contributed by atoms with E-state index >= 15 is 0 Å². The highest BCUT2D eigenvalue weighted by molar-refractivity contribution is 9.10. The summed E-state index contributed by atoms with van der Waals surface area (Å²) in [5.41, 5.74) is 4.36. The molecule has 0 radical (unpaired) electrons. The van der Waals surface area contributed by atoms with Crippen LogP contribution in [0.4, 0.5) is 23.5 Å². The van der Waals surface area contributed by atoms with Crippen molar-refractivity contribution in [2.24, 2.45) is 5.10 Å². The van der Waals surface area contributed by atoms with Gasteiger partial charge in [0.2, 0.25) is 17.8 Å². The lowest BCUT2D eigenvalue weighted by Gasteiger charge is -2.13. The Kier molecular flexibility index (Phi) is 6.86. The van der Waals surface area contributed by atoms with Gasteiger partial charge in [-0.05, 0) is 27.6 Å². The van der Waals surface area contributed by atoms with E-state index in [2.05, 4.69) is 46.7 Å². The number of benzene rings is 2. The van der Waals surface area contributed by atoms with Crippen LogP contribution in [0, 0.1) is 10.1 Å². The number of nitro benzene ring substituents is 1. The molecule has 0 fully saturated rings. The Hall–Kier alpha value is -3.60. The van der Waals surface area contributed by atoms with Crippen LogP contribution in [0.3, 0.4) is 0 Å². The molecule has 0 aliphatic carbocycles. The van der Waals surface area contributed by atoms with Crippen LogP contribution in [0.15, 0.2) is 58.1 Å². The molecule has 11 heteroatoms. The van der Waals surface area contributed by atoms with Crippen molar-refractivity contribution in [2.45, 2.75) is 6.54 Å². The van der Waals surface area contributed by atoms with Gasteiger partial charge in [0.25, 0.3) is 5.69 Å². The molecule has 0 aliphatic rings. The lowest BCUT2D eigenvalue weighted by Crippen LogP contribution is -2.16. The number of nitrogens with zero attached hydrogens (tertiary/aromatic N) is 6. The van der Waals surface area contributed by atoms with Gasteiger partial charge >= 0.3 is 0 Å². The minimum absolute atomic E-state index is 0.0404. The summed E-state index contributed by atoms with van der Waals surface area (Å²) in [6, 6.07) is 14.6. The molecule has 2 N–H and O–H groups in total. The molecule has 0 atom stereocenters. The third-order valence-corrected chi connectivity index (χ3v) is 4.53. The van der Waals surface area contributed by atoms with E-state index in [1.54, 1.807) is 17.0 Å². The first-order valence-corrected chi connectivity index (χ1v) is 9.66. The summed E-state index contributed by atoms with van der Waals surface area (Å²) < 4.78 is 0.403. The van der Waals surface area contributed by atoms with Gasteiger partial charge in [0.15, 0.2) is 0 Å². The van der Waals surface area contributed by atoms with Gasteiger partial charge in [-0.1, -0.05) is 36.4 Å². The molecule has 3 rings (SSSR count). The molecular weight excluding hydrogens is 452 g/mol. The van der Waals surface area contributed by atoms with Crippen LogP contribution >= 0.6 is 15.9 Å². The van der Waals surface area contributed by atoms with Crippen molar-refractivity contribution in [1.29, 1.82) is 0 Å². The zero-order chi connectivity index (χ0) is 21.5. The van der Waals surface area contributed by atoms with Crippen molar-refractivity contribution in [1.82, 2.24) is 15.0 Å². The summed E-state index contributed by atoms with van der Waals surface area (Å²) in [7, 11) is 3.65. The lowest BCUT2D eigenvalue weighted by atomic mass is 10.2. The molecule has 0 aliphatic heterocycles. The van der Waals surface area contributed by atoms with Crippen LogP contribution in [0.2, 0.25) is 0 Å². The molecule has 2 aromatic carbocycles. The third-order valence-electron chi connectivity index (χ3n) is 3.86. The Labute approximate surface area is 181 Å². The fraction of sp³-hybridized carbons (Fsp3) is 0.158. The zero-order valence-electron chi connectivity index (χ0n) is 16.3. The number of rotatable bonds is 8. The first kappa shape index (κ1) is 21.1. The number of anilines is 3. The van der Waals surface area contributed by atoms with Gasteiger partial charge in [0.05, 0.1) is 15.6 Å². The lowest BCUT2D eigenvalue weighted by molar-refractivity contribution is -0.385. The Morgan fingerprint density at radius 3 is 2.57 bits per heavy atom.